The number of carbonyl (C=O) groups excluding carboxylic acids is 3. The molecule has 0 rings (SSSR count). The van der Waals surface area contributed by atoms with Crippen molar-refractivity contribution >= 4 is 17.9 Å². The first-order chi connectivity index (χ1) is 26.5. The number of hydrogen-bond donors (Lipinski definition) is 0. The number of rotatable bonds is 39. The van der Waals surface area contributed by atoms with E-state index in [-0.39, 0.29) is 31.1 Å². The molecule has 0 spiro atoms. The number of ether oxygens (including phenoxy) is 3. The molecule has 0 aliphatic heterocycles. The lowest BCUT2D eigenvalue weighted by atomic mass is 10.1. The molecule has 0 radical (unpaired) electrons. The van der Waals surface area contributed by atoms with Crippen LogP contribution in [0.3, 0.4) is 0 Å². The first kappa shape index (κ1) is 51.1. The van der Waals surface area contributed by atoms with Crippen LogP contribution in [0.4, 0.5) is 0 Å². The Bertz CT molecular complexity index is 1010. The highest BCUT2D eigenvalue weighted by Gasteiger charge is 2.19. The molecule has 1 unspecified atom stereocenters. The molecule has 1 atom stereocenters. The van der Waals surface area contributed by atoms with Gasteiger partial charge >= 0.3 is 17.9 Å². The maximum atomic E-state index is 12.7. The average molecular weight is 755 g/mol. The van der Waals surface area contributed by atoms with Crippen LogP contribution in [0.25, 0.3) is 0 Å². The molecule has 54 heavy (non-hydrogen) atoms. The van der Waals surface area contributed by atoms with E-state index in [1.807, 2.05) is 0 Å². The molecule has 0 aromatic heterocycles. The van der Waals surface area contributed by atoms with Gasteiger partial charge in [0.05, 0.1) is 0 Å². The molecule has 310 valence electrons. The maximum Gasteiger partial charge on any atom is 0.306 e. The Morgan fingerprint density at radius 1 is 0.389 bits per heavy atom. The zero-order valence-corrected chi connectivity index (χ0v) is 35.2. The number of carbonyl (C=O) groups is 3. The smallest absolute Gasteiger partial charge is 0.306 e. The van der Waals surface area contributed by atoms with Gasteiger partial charge in [-0.25, -0.2) is 0 Å². The topological polar surface area (TPSA) is 78.9 Å². The van der Waals surface area contributed by atoms with Gasteiger partial charge in [-0.15, -0.1) is 0 Å². The van der Waals surface area contributed by atoms with Gasteiger partial charge in [0.1, 0.15) is 13.2 Å². The normalized spacial score (nSPS) is 12.6. The van der Waals surface area contributed by atoms with E-state index in [4.69, 9.17) is 14.2 Å². The first-order valence-electron chi connectivity index (χ1n) is 22.3. The lowest BCUT2D eigenvalue weighted by molar-refractivity contribution is -0.167. The third-order valence-electron chi connectivity index (χ3n) is 9.26. The second-order valence-corrected chi connectivity index (χ2v) is 14.6. The van der Waals surface area contributed by atoms with E-state index in [2.05, 4.69) is 81.5 Å². The lowest BCUT2D eigenvalue weighted by Gasteiger charge is -2.18. The van der Waals surface area contributed by atoms with Gasteiger partial charge in [-0.3, -0.25) is 14.4 Å². The van der Waals surface area contributed by atoms with Crippen LogP contribution >= 0.6 is 0 Å². The Hall–Kier alpha value is -2.89. The van der Waals surface area contributed by atoms with Crippen LogP contribution in [0.15, 0.2) is 60.8 Å². The molecule has 0 bridgehead atoms. The van der Waals surface area contributed by atoms with E-state index in [9.17, 15) is 14.4 Å². The predicted molar refractivity (Wildman–Crippen MR) is 228 cm³/mol. The fourth-order valence-electron chi connectivity index (χ4n) is 5.90. The summed E-state index contributed by atoms with van der Waals surface area (Å²) in [5.74, 6) is -0.932. The van der Waals surface area contributed by atoms with Crippen molar-refractivity contribution in [2.75, 3.05) is 13.2 Å². The summed E-state index contributed by atoms with van der Waals surface area (Å²) < 4.78 is 16.6. The molecule has 6 heteroatoms. The molecule has 6 nitrogen and oxygen atoms in total. The molecule has 0 N–H and O–H groups in total. The SMILES string of the molecule is CC/C=C\C/C=C\C/C=C\CCCCCCCC(=O)OCC(COC(=O)CCCCCCCC)OC(=O)CCCCCCC/C=C\C/C=C\CCCCC. The van der Waals surface area contributed by atoms with Gasteiger partial charge in [0, 0.05) is 19.3 Å². The standard InChI is InChI=1S/C48H82O6/c1-4-7-10-13-16-18-20-22-24-26-28-30-32-35-38-41-47(50)53-44-45(43-52-46(49)40-37-34-15-12-9-6-3)54-48(51)42-39-36-33-31-29-27-25-23-21-19-17-14-11-8-5-2/h7,10,16-19,22-25,45H,4-6,8-9,11-15,20-21,26-44H2,1-3H3/b10-7-,18-16-,19-17-,24-22-,25-23-. The molecule has 0 aromatic rings. The Morgan fingerprint density at radius 2 is 0.722 bits per heavy atom. The third-order valence-corrected chi connectivity index (χ3v) is 9.26. The van der Waals surface area contributed by atoms with Crippen LogP contribution in [0.1, 0.15) is 207 Å². The van der Waals surface area contributed by atoms with E-state index in [1.165, 1.54) is 44.9 Å². The van der Waals surface area contributed by atoms with Gasteiger partial charge in [0.2, 0.25) is 0 Å². The maximum absolute atomic E-state index is 12.7. The fraction of sp³-hybridized carbons (Fsp3) is 0.729. The minimum absolute atomic E-state index is 0.0864. The zero-order valence-electron chi connectivity index (χ0n) is 35.2. The quantitative estimate of drug-likeness (QED) is 0.0269. The van der Waals surface area contributed by atoms with E-state index >= 15 is 0 Å². The summed E-state index contributed by atoms with van der Waals surface area (Å²) in [7, 11) is 0. The molecule has 0 saturated carbocycles. The summed E-state index contributed by atoms with van der Waals surface area (Å²) in [5, 5.41) is 0. The number of allylic oxidation sites excluding steroid dienone is 10. The van der Waals surface area contributed by atoms with Crippen molar-refractivity contribution in [3.8, 4) is 0 Å². The number of unbranched alkanes of at least 4 members (excludes halogenated alkanes) is 18. The second-order valence-electron chi connectivity index (χ2n) is 14.6. The Morgan fingerprint density at radius 3 is 1.17 bits per heavy atom. The van der Waals surface area contributed by atoms with Gasteiger partial charge in [-0.2, -0.15) is 0 Å². The van der Waals surface area contributed by atoms with E-state index < -0.39 is 6.10 Å². The van der Waals surface area contributed by atoms with Crippen molar-refractivity contribution in [3.05, 3.63) is 60.8 Å². The fourth-order valence-corrected chi connectivity index (χ4v) is 5.90. The molecule has 0 aliphatic carbocycles. The largest absolute Gasteiger partial charge is 0.462 e. The molecular formula is C48H82O6. The molecule has 0 fully saturated rings. The van der Waals surface area contributed by atoms with E-state index in [1.54, 1.807) is 0 Å². The van der Waals surface area contributed by atoms with E-state index in [0.717, 1.165) is 122 Å². The van der Waals surface area contributed by atoms with Crippen LogP contribution in [0.2, 0.25) is 0 Å². The molecule has 0 saturated heterocycles. The van der Waals surface area contributed by atoms with E-state index in [0.29, 0.717) is 19.3 Å². The summed E-state index contributed by atoms with van der Waals surface area (Å²) in [5.41, 5.74) is 0. The van der Waals surface area contributed by atoms with Crippen LogP contribution in [-0.2, 0) is 28.6 Å². The van der Waals surface area contributed by atoms with Crippen LogP contribution in [-0.4, -0.2) is 37.2 Å². The van der Waals surface area contributed by atoms with Crippen molar-refractivity contribution in [3.63, 3.8) is 0 Å². The number of esters is 3. The van der Waals surface area contributed by atoms with Crippen molar-refractivity contribution in [1.29, 1.82) is 0 Å². The molecule has 0 amide bonds. The van der Waals surface area contributed by atoms with Crippen LogP contribution < -0.4 is 0 Å². The van der Waals surface area contributed by atoms with Crippen molar-refractivity contribution in [2.24, 2.45) is 0 Å². The van der Waals surface area contributed by atoms with Crippen molar-refractivity contribution in [1.82, 2.24) is 0 Å². The third kappa shape index (κ3) is 40.3. The van der Waals surface area contributed by atoms with Gasteiger partial charge < -0.3 is 14.2 Å². The predicted octanol–water partition coefficient (Wildman–Crippen LogP) is 14.1. The highest BCUT2D eigenvalue weighted by atomic mass is 16.6. The molecule has 0 aliphatic rings. The Kier molecular flexibility index (Phi) is 40.6. The molecule has 0 aromatic carbocycles. The van der Waals surface area contributed by atoms with Gasteiger partial charge in [-0.05, 0) is 83.5 Å². The van der Waals surface area contributed by atoms with Gasteiger partial charge in [0.15, 0.2) is 6.10 Å². The van der Waals surface area contributed by atoms with Crippen molar-refractivity contribution < 1.29 is 28.6 Å². The lowest BCUT2D eigenvalue weighted by Crippen LogP contribution is -2.30. The minimum atomic E-state index is -0.783. The average Bonchev–Trinajstić information content (AvgIpc) is 3.17. The molecular weight excluding hydrogens is 673 g/mol. The summed E-state index contributed by atoms with van der Waals surface area (Å²) >= 11 is 0. The molecule has 0 heterocycles. The van der Waals surface area contributed by atoms with Crippen molar-refractivity contribution in [2.45, 2.75) is 213 Å². The summed E-state index contributed by atoms with van der Waals surface area (Å²) in [6.07, 6.45) is 50.7. The highest BCUT2D eigenvalue weighted by molar-refractivity contribution is 5.71. The summed E-state index contributed by atoms with van der Waals surface area (Å²) in [6.45, 7) is 6.39. The monoisotopic (exact) mass is 755 g/mol. The van der Waals surface area contributed by atoms with Crippen LogP contribution in [0, 0.1) is 0 Å². The minimum Gasteiger partial charge on any atom is -0.462 e. The van der Waals surface area contributed by atoms with Gasteiger partial charge in [0.25, 0.3) is 0 Å². The summed E-state index contributed by atoms with van der Waals surface area (Å²) in [6, 6.07) is 0. The Labute approximate surface area is 332 Å². The zero-order chi connectivity index (χ0) is 39.4. The summed E-state index contributed by atoms with van der Waals surface area (Å²) in [4.78, 5) is 37.5. The van der Waals surface area contributed by atoms with Crippen LogP contribution in [0.5, 0.6) is 0 Å². The number of hydrogen-bond acceptors (Lipinski definition) is 6. The van der Waals surface area contributed by atoms with Gasteiger partial charge in [-0.1, -0.05) is 165 Å². The highest BCUT2D eigenvalue weighted by Crippen LogP contribution is 2.13. The second kappa shape index (κ2) is 42.8. The first-order valence-corrected chi connectivity index (χ1v) is 22.3. The Balaban J connectivity index is 4.34.